The zero-order chi connectivity index (χ0) is 24.3. The van der Waals surface area contributed by atoms with Gasteiger partial charge in [0, 0.05) is 5.56 Å². The van der Waals surface area contributed by atoms with Crippen LogP contribution >= 0.6 is 0 Å². The number of H-pyrrole nitrogens is 1. The maximum absolute atomic E-state index is 13.5. The summed E-state index contributed by atoms with van der Waals surface area (Å²) in [5.74, 6) is 0.174. The molecule has 4 aromatic rings. The Morgan fingerprint density at radius 1 is 0.941 bits per heavy atom. The van der Waals surface area contributed by atoms with Gasteiger partial charge in [0.1, 0.15) is 11.4 Å². The second-order valence-corrected chi connectivity index (χ2v) is 7.28. The van der Waals surface area contributed by atoms with Crippen molar-refractivity contribution in [1.82, 2.24) is 9.78 Å². The third kappa shape index (κ3) is 4.88. The van der Waals surface area contributed by atoms with Gasteiger partial charge in [0.2, 0.25) is 0 Å². The van der Waals surface area contributed by atoms with E-state index in [9.17, 15) is 18.0 Å². The van der Waals surface area contributed by atoms with Crippen molar-refractivity contribution in [1.29, 1.82) is 0 Å². The largest absolute Gasteiger partial charge is 0.573 e. The van der Waals surface area contributed by atoms with E-state index in [1.807, 2.05) is 30.3 Å². The lowest BCUT2D eigenvalue weighted by Crippen LogP contribution is -2.19. The molecule has 0 spiro atoms. The molecule has 0 fully saturated rings. The molecular formula is C25H20F3N3O3. The molecule has 1 aromatic heterocycles. The van der Waals surface area contributed by atoms with E-state index in [1.54, 1.807) is 44.4 Å². The highest BCUT2D eigenvalue weighted by atomic mass is 19.4. The summed E-state index contributed by atoms with van der Waals surface area (Å²) in [7, 11) is 1.54. The van der Waals surface area contributed by atoms with E-state index in [0.29, 0.717) is 17.1 Å². The first kappa shape index (κ1) is 22.9. The number of aliphatic imine (C=N–C) groups is 1. The summed E-state index contributed by atoms with van der Waals surface area (Å²) in [4.78, 5) is 17.8. The van der Waals surface area contributed by atoms with Gasteiger partial charge >= 0.3 is 6.36 Å². The van der Waals surface area contributed by atoms with Crippen molar-refractivity contribution in [2.75, 3.05) is 7.11 Å². The van der Waals surface area contributed by atoms with E-state index in [0.717, 1.165) is 5.56 Å². The van der Waals surface area contributed by atoms with Crippen LogP contribution in [0.2, 0.25) is 0 Å². The van der Waals surface area contributed by atoms with Gasteiger partial charge in [-0.05, 0) is 43.3 Å². The van der Waals surface area contributed by atoms with Crippen LogP contribution in [0.3, 0.4) is 0 Å². The number of hydrogen-bond acceptors (Lipinski definition) is 4. The van der Waals surface area contributed by atoms with Gasteiger partial charge in [-0.25, -0.2) is 9.67 Å². The summed E-state index contributed by atoms with van der Waals surface area (Å²) < 4.78 is 49.1. The molecule has 0 radical (unpaired) electrons. The number of rotatable bonds is 6. The van der Waals surface area contributed by atoms with Gasteiger partial charge in [-0.1, -0.05) is 42.5 Å². The number of para-hydroxylation sites is 2. The summed E-state index contributed by atoms with van der Waals surface area (Å²) >= 11 is 0. The highest BCUT2D eigenvalue weighted by molar-refractivity contribution is 6.05. The second-order valence-electron chi connectivity index (χ2n) is 7.28. The van der Waals surface area contributed by atoms with Crippen molar-refractivity contribution in [3.05, 3.63) is 94.8 Å². The number of aromatic nitrogens is 2. The normalized spacial score (nSPS) is 12.0. The van der Waals surface area contributed by atoms with E-state index in [2.05, 4.69) is 14.8 Å². The average molecular weight is 467 g/mol. The van der Waals surface area contributed by atoms with Crippen LogP contribution in [0.1, 0.15) is 12.5 Å². The first-order chi connectivity index (χ1) is 16.3. The Morgan fingerprint density at radius 2 is 1.59 bits per heavy atom. The third-order valence-electron chi connectivity index (χ3n) is 5.02. The zero-order valence-corrected chi connectivity index (χ0v) is 18.3. The third-order valence-corrected chi connectivity index (χ3v) is 5.02. The smallest absolute Gasteiger partial charge is 0.497 e. The van der Waals surface area contributed by atoms with Crippen LogP contribution in [0.25, 0.3) is 16.9 Å². The molecule has 0 aliphatic heterocycles. The summed E-state index contributed by atoms with van der Waals surface area (Å²) in [6, 6.07) is 21.5. The average Bonchev–Trinajstić information content (AvgIpc) is 3.17. The van der Waals surface area contributed by atoms with Crippen LogP contribution in [0, 0.1) is 0 Å². The molecule has 0 aliphatic rings. The lowest BCUT2D eigenvalue weighted by molar-refractivity contribution is -0.274. The molecule has 4 rings (SSSR count). The molecule has 0 bridgehead atoms. The fraction of sp³-hybridized carbons (Fsp3) is 0.120. The maximum Gasteiger partial charge on any atom is 0.573 e. The molecule has 0 aliphatic carbocycles. The van der Waals surface area contributed by atoms with E-state index < -0.39 is 17.7 Å². The summed E-state index contributed by atoms with van der Waals surface area (Å²) in [5.41, 5.74) is 1.76. The number of aromatic amines is 1. The van der Waals surface area contributed by atoms with Gasteiger partial charge in [-0.2, -0.15) is 0 Å². The molecule has 0 unspecified atom stereocenters. The van der Waals surface area contributed by atoms with Gasteiger partial charge < -0.3 is 9.47 Å². The maximum atomic E-state index is 13.5. The number of alkyl halides is 3. The molecule has 174 valence electrons. The predicted molar refractivity (Wildman–Crippen MR) is 123 cm³/mol. The van der Waals surface area contributed by atoms with Crippen molar-refractivity contribution < 1.29 is 22.6 Å². The minimum atomic E-state index is -4.87. The van der Waals surface area contributed by atoms with E-state index in [1.165, 1.54) is 22.9 Å². The molecule has 34 heavy (non-hydrogen) atoms. The SMILES string of the molecule is COc1ccc(-n2[nH]c(-c3ccccc3)c(C(C)=Nc3ccccc3OC(F)(F)F)c2=O)cc1. The van der Waals surface area contributed by atoms with Gasteiger partial charge in [0.25, 0.3) is 5.56 Å². The fourth-order valence-corrected chi connectivity index (χ4v) is 3.50. The fourth-order valence-electron chi connectivity index (χ4n) is 3.50. The molecule has 9 heteroatoms. The number of nitrogens with one attached hydrogen (secondary N) is 1. The first-order valence-electron chi connectivity index (χ1n) is 10.2. The molecule has 0 saturated carbocycles. The van der Waals surface area contributed by atoms with E-state index >= 15 is 0 Å². The topological polar surface area (TPSA) is 68.6 Å². The Morgan fingerprint density at radius 3 is 2.24 bits per heavy atom. The van der Waals surface area contributed by atoms with Gasteiger partial charge in [-0.15, -0.1) is 13.2 Å². The van der Waals surface area contributed by atoms with Crippen LogP contribution in [-0.4, -0.2) is 29.0 Å². The van der Waals surface area contributed by atoms with Crippen LogP contribution in [-0.2, 0) is 0 Å². The number of ether oxygens (including phenoxy) is 2. The molecule has 0 atom stereocenters. The zero-order valence-electron chi connectivity index (χ0n) is 18.3. The number of halogens is 3. The van der Waals surface area contributed by atoms with E-state index in [4.69, 9.17) is 4.74 Å². The summed E-state index contributed by atoms with van der Waals surface area (Å²) in [6.07, 6.45) is -4.87. The number of benzene rings is 3. The number of methoxy groups -OCH3 is 1. The lowest BCUT2D eigenvalue weighted by Gasteiger charge is -2.11. The molecule has 1 heterocycles. The minimum absolute atomic E-state index is 0.0482. The Labute approximate surface area is 192 Å². The summed E-state index contributed by atoms with van der Waals surface area (Å²) in [5, 5.41) is 3.11. The quantitative estimate of drug-likeness (QED) is 0.360. The highest BCUT2D eigenvalue weighted by Gasteiger charge is 2.32. The molecule has 3 aromatic carbocycles. The molecule has 1 N–H and O–H groups in total. The van der Waals surface area contributed by atoms with Gasteiger partial charge in [0.15, 0.2) is 5.75 Å². The molecule has 0 saturated heterocycles. The first-order valence-corrected chi connectivity index (χ1v) is 10.2. The van der Waals surface area contributed by atoms with Crippen LogP contribution in [0.15, 0.2) is 88.6 Å². The molecule has 0 amide bonds. The second kappa shape index (κ2) is 9.30. The highest BCUT2D eigenvalue weighted by Crippen LogP contribution is 2.33. The summed E-state index contributed by atoms with van der Waals surface area (Å²) in [6.45, 7) is 1.57. The van der Waals surface area contributed by atoms with Gasteiger partial charge in [-0.3, -0.25) is 9.89 Å². The van der Waals surface area contributed by atoms with Crippen molar-refractivity contribution in [2.24, 2.45) is 4.99 Å². The Bertz CT molecular complexity index is 1370. The van der Waals surface area contributed by atoms with Crippen LogP contribution in [0.4, 0.5) is 18.9 Å². The van der Waals surface area contributed by atoms with E-state index in [-0.39, 0.29) is 17.0 Å². The predicted octanol–water partition coefficient (Wildman–Crippen LogP) is 5.88. The van der Waals surface area contributed by atoms with Crippen LogP contribution in [0.5, 0.6) is 11.5 Å². The Hall–Kier alpha value is -4.27. The van der Waals surface area contributed by atoms with Gasteiger partial charge in [0.05, 0.1) is 29.8 Å². The molecule has 6 nitrogen and oxygen atoms in total. The number of hydrogen-bond donors (Lipinski definition) is 1. The monoisotopic (exact) mass is 467 g/mol. The lowest BCUT2D eigenvalue weighted by atomic mass is 10.1. The minimum Gasteiger partial charge on any atom is -0.497 e. The van der Waals surface area contributed by atoms with Crippen molar-refractivity contribution >= 4 is 11.4 Å². The van der Waals surface area contributed by atoms with Crippen molar-refractivity contribution in [3.8, 4) is 28.4 Å². The standard InChI is InChI=1S/C25H20F3N3O3/c1-16(29-20-10-6-7-11-21(20)34-25(26,27)28)22-23(17-8-4-3-5-9-17)30-31(24(22)32)18-12-14-19(33-2)15-13-18/h3-15,30H,1-2H3. The Balaban J connectivity index is 1.87. The van der Waals surface area contributed by atoms with Crippen molar-refractivity contribution in [2.45, 2.75) is 13.3 Å². The van der Waals surface area contributed by atoms with Crippen LogP contribution < -0.4 is 15.0 Å². The number of nitrogens with zero attached hydrogens (tertiary/aromatic N) is 2. The van der Waals surface area contributed by atoms with Crippen molar-refractivity contribution in [3.63, 3.8) is 0 Å². The molecular weight excluding hydrogens is 447 g/mol. The Kier molecular flexibility index (Phi) is 6.27.